The van der Waals surface area contributed by atoms with Crippen LogP contribution in [0.3, 0.4) is 0 Å². The number of hydrazine groups is 1. The first-order chi connectivity index (χ1) is 11.4. The fraction of sp³-hybridized carbons (Fsp3) is 0.600. The van der Waals surface area contributed by atoms with Crippen LogP contribution in [-0.2, 0) is 20.4 Å². The summed E-state index contributed by atoms with van der Waals surface area (Å²) in [6.45, 7) is 14.6. The van der Waals surface area contributed by atoms with Gasteiger partial charge in [-0.3, -0.25) is 20.4 Å². The number of nitrogens with one attached hydrogen (secondary N) is 2. The van der Waals surface area contributed by atoms with Crippen molar-refractivity contribution in [3.63, 3.8) is 0 Å². The van der Waals surface area contributed by atoms with E-state index in [9.17, 15) is 9.59 Å². The van der Waals surface area contributed by atoms with Crippen molar-refractivity contribution in [2.24, 2.45) is 0 Å². The van der Waals surface area contributed by atoms with Gasteiger partial charge in [0.1, 0.15) is 5.75 Å². The van der Waals surface area contributed by atoms with E-state index in [0.29, 0.717) is 12.2 Å². The molecule has 0 saturated carbocycles. The van der Waals surface area contributed by atoms with Crippen molar-refractivity contribution in [2.45, 2.75) is 72.1 Å². The lowest BCUT2D eigenvalue weighted by Gasteiger charge is -2.27. The molecule has 0 unspecified atom stereocenters. The normalized spacial score (nSPS) is 11.8. The second-order valence-electron chi connectivity index (χ2n) is 8.35. The molecule has 0 aliphatic heterocycles. The molecule has 1 aromatic carbocycles. The highest BCUT2D eigenvalue weighted by molar-refractivity contribution is 5.82. The van der Waals surface area contributed by atoms with Crippen LogP contribution >= 0.6 is 0 Å². The first kappa shape index (κ1) is 21.0. The number of ether oxygens (including phenoxy) is 1. The van der Waals surface area contributed by atoms with E-state index in [2.05, 4.69) is 58.5 Å². The predicted octanol–water partition coefficient (Wildman–Crippen LogP) is 3.61. The number of hydrogen-bond donors (Lipinski definition) is 2. The number of amides is 2. The zero-order valence-electron chi connectivity index (χ0n) is 16.6. The molecule has 1 rings (SSSR count). The van der Waals surface area contributed by atoms with Gasteiger partial charge >= 0.3 is 0 Å². The minimum absolute atomic E-state index is 0.0411. The van der Waals surface area contributed by atoms with Gasteiger partial charge < -0.3 is 4.74 Å². The molecule has 1 aromatic rings. The summed E-state index contributed by atoms with van der Waals surface area (Å²) in [6.07, 6.45) is 1.11. The van der Waals surface area contributed by atoms with Crippen LogP contribution in [0, 0.1) is 0 Å². The highest BCUT2D eigenvalue weighted by Gasteiger charge is 2.23. The van der Waals surface area contributed by atoms with Crippen molar-refractivity contribution >= 4 is 11.8 Å². The molecular formula is C20H32N2O3. The monoisotopic (exact) mass is 348 g/mol. The molecule has 0 spiro atoms. The van der Waals surface area contributed by atoms with Gasteiger partial charge in [0.25, 0.3) is 5.91 Å². The van der Waals surface area contributed by atoms with Crippen LogP contribution in [0.5, 0.6) is 5.75 Å². The molecule has 25 heavy (non-hydrogen) atoms. The van der Waals surface area contributed by atoms with Gasteiger partial charge in [-0.2, -0.15) is 0 Å². The Morgan fingerprint density at radius 2 is 1.56 bits per heavy atom. The van der Waals surface area contributed by atoms with E-state index in [4.69, 9.17) is 4.74 Å². The zero-order valence-corrected chi connectivity index (χ0v) is 16.6. The summed E-state index contributed by atoms with van der Waals surface area (Å²) in [7, 11) is 0. The lowest BCUT2D eigenvalue weighted by Crippen LogP contribution is -2.43. The molecule has 0 radical (unpaired) electrons. The molecule has 140 valence electrons. The minimum Gasteiger partial charge on any atom is -0.483 e. The molecule has 0 aliphatic carbocycles. The molecule has 2 amide bonds. The van der Waals surface area contributed by atoms with E-state index in [1.54, 1.807) is 0 Å². The minimum atomic E-state index is -0.385. The molecule has 2 N–H and O–H groups in total. The van der Waals surface area contributed by atoms with E-state index >= 15 is 0 Å². The number of hydrogen-bond acceptors (Lipinski definition) is 3. The first-order valence-electron chi connectivity index (χ1n) is 8.80. The second kappa shape index (κ2) is 8.37. The third-order valence-electron chi connectivity index (χ3n) is 3.83. The maximum Gasteiger partial charge on any atom is 0.276 e. The Morgan fingerprint density at radius 1 is 0.960 bits per heavy atom. The Morgan fingerprint density at radius 3 is 2.08 bits per heavy atom. The largest absolute Gasteiger partial charge is 0.483 e. The van der Waals surface area contributed by atoms with Gasteiger partial charge in [-0.25, -0.2) is 0 Å². The van der Waals surface area contributed by atoms with Crippen LogP contribution in [0.1, 0.15) is 72.4 Å². The van der Waals surface area contributed by atoms with E-state index in [1.807, 2.05) is 19.1 Å². The summed E-state index contributed by atoms with van der Waals surface area (Å²) in [6, 6.07) is 6.10. The zero-order chi connectivity index (χ0) is 19.3. The summed E-state index contributed by atoms with van der Waals surface area (Å²) in [5, 5.41) is 0. The Labute approximate surface area is 151 Å². The van der Waals surface area contributed by atoms with Gasteiger partial charge in [0, 0.05) is 6.42 Å². The van der Waals surface area contributed by atoms with Crippen molar-refractivity contribution in [1.82, 2.24) is 10.9 Å². The predicted molar refractivity (Wildman–Crippen MR) is 101 cm³/mol. The van der Waals surface area contributed by atoms with Gasteiger partial charge in [0.2, 0.25) is 5.91 Å². The number of carbonyl (C=O) groups is 2. The SMILES string of the molecule is CCCC(=O)NNC(=O)COc1ccc(C(C)(C)C)cc1C(C)(C)C. The molecule has 5 heteroatoms. The van der Waals surface area contributed by atoms with E-state index < -0.39 is 0 Å². The third-order valence-corrected chi connectivity index (χ3v) is 3.83. The molecular weight excluding hydrogens is 316 g/mol. The fourth-order valence-corrected chi connectivity index (χ4v) is 2.32. The first-order valence-corrected chi connectivity index (χ1v) is 8.80. The van der Waals surface area contributed by atoms with E-state index in [0.717, 1.165) is 12.0 Å². The standard InChI is InChI=1S/C20H32N2O3/c1-8-9-17(23)21-22-18(24)13-25-16-11-10-14(19(2,3)4)12-15(16)20(5,6)7/h10-12H,8-9,13H2,1-7H3,(H,21,23)(H,22,24). The topological polar surface area (TPSA) is 67.4 Å². The van der Waals surface area contributed by atoms with Crippen LogP contribution in [-0.4, -0.2) is 18.4 Å². The van der Waals surface area contributed by atoms with Crippen molar-refractivity contribution in [3.8, 4) is 5.75 Å². The highest BCUT2D eigenvalue weighted by Crippen LogP contribution is 2.35. The average Bonchev–Trinajstić information content (AvgIpc) is 2.49. The smallest absolute Gasteiger partial charge is 0.276 e. The summed E-state index contributed by atoms with van der Waals surface area (Å²) in [4.78, 5) is 23.2. The number of carbonyl (C=O) groups excluding carboxylic acids is 2. The number of benzene rings is 1. The Balaban J connectivity index is 2.81. The van der Waals surface area contributed by atoms with E-state index in [1.165, 1.54) is 5.56 Å². The molecule has 0 bridgehead atoms. The van der Waals surface area contributed by atoms with Crippen LogP contribution in [0.15, 0.2) is 18.2 Å². The summed E-state index contributed by atoms with van der Waals surface area (Å²) in [5.41, 5.74) is 6.96. The third kappa shape index (κ3) is 6.77. The molecule has 0 atom stereocenters. The summed E-state index contributed by atoms with van der Waals surface area (Å²) in [5.74, 6) is 0.0977. The average molecular weight is 348 g/mol. The molecule has 0 heterocycles. The van der Waals surface area contributed by atoms with Crippen molar-refractivity contribution in [2.75, 3.05) is 6.61 Å². The van der Waals surface area contributed by atoms with Crippen molar-refractivity contribution in [1.29, 1.82) is 0 Å². The number of rotatable bonds is 5. The highest BCUT2D eigenvalue weighted by atomic mass is 16.5. The van der Waals surface area contributed by atoms with Crippen LogP contribution in [0.25, 0.3) is 0 Å². The van der Waals surface area contributed by atoms with Crippen LogP contribution < -0.4 is 15.6 Å². The van der Waals surface area contributed by atoms with Crippen molar-refractivity contribution in [3.05, 3.63) is 29.3 Å². The maximum atomic E-state index is 11.9. The van der Waals surface area contributed by atoms with Crippen LogP contribution in [0.2, 0.25) is 0 Å². The molecule has 0 aliphatic rings. The molecule has 5 nitrogen and oxygen atoms in total. The Kier molecular flexibility index (Phi) is 7.03. The summed E-state index contributed by atoms with van der Waals surface area (Å²) < 4.78 is 5.72. The van der Waals surface area contributed by atoms with Gasteiger partial charge in [-0.15, -0.1) is 0 Å². The molecule has 0 fully saturated rings. The quantitative estimate of drug-likeness (QED) is 0.799. The lowest BCUT2D eigenvalue weighted by atomic mass is 9.80. The van der Waals surface area contributed by atoms with Crippen LogP contribution in [0.4, 0.5) is 0 Å². The van der Waals surface area contributed by atoms with Gasteiger partial charge in [-0.1, -0.05) is 60.6 Å². The van der Waals surface area contributed by atoms with E-state index in [-0.39, 0.29) is 29.3 Å². The van der Waals surface area contributed by atoms with Crippen molar-refractivity contribution < 1.29 is 14.3 Å². The maximum absolute atomic E-state index is 11.9. The Hall–Kier alpha value is -2.04. The summed E-state index contributed by atoms with van der Waals surface area (Å²) >= 11 is 0. The van der Waals surface area contributed by atoms with Gasteiger partial charge in [0.15, 0.2) is 6.61 Å². The van der Waals surface area contributed by atoms with Gasteiger partial charge in [-0.05, 0) is 34.4 Å². The Bertz CT molecular complexity index is 610. The molecule has 0 saturated heterocycles. The lowest BCUT2D eigenvalue weighted by molar-refractivity contribution is -0.130. The second-order valence-corrected chi connectivity index (χ2v) is 8.35. The van der Waals surface area contributed by atoms with Gasteiger partial charge in [0.05, 0.1) is 0 Å². The fourth-order valence-electron chi connectivity index (χ4n) is 2.32. The molecule has 0 aromatic heterocycles.